The number of ether oxygens (including phenoxy) is 1. The molecule has 0 aliphatic carbocycles. The summed E-state index contributed by atoms with van der Waals surface area (Å²) in [5.41, 5.74) is 0.770. The number of hydrogen-bond acceptors (Lipinski definition) is 4. The molecule has 6 heteroatoms. The Bertz CT molecular complexity index is 466. The zero-order valence-corrected chi connectivity index (χ0v) is 10.4. The van der Waals surface area contributed by atoms with Crippen LogP contribution in [-0.2, 0) is 9.59 Å². The van der Waals surface area contributed by atoms with Crippen LogP contribution in [0.3, 0.4) is 0 Å². The van der Waals surface area contributed by atoms with Crippen molar-refractivity contribution in [2.75, 3.05) is 13.7 Å². The molecule has 3 N–H and O–H groups in total. The molecule has 102 valence electrons. The van der Waals surface area contributed by atoms with Gasteiger partial charge in [0.05, 0.1) is 13.7 Å². The fourth-order valence-electron chi connectivity index (χ4n) is 1.29. The van der Waals surface area contributed by atoms with Gasteiger partial charge in [-0.25, -0.2) is 4.79 Å². The molecule has 0 spiro atoms. The molecule has 0 heterocycles. The Labute approximate surface area is 110 Å². The van der Waals surface area contributed by atoms with Gasteiger partial charge in [-0.1, -0.05) is 12.1 Å². The standard InChI is InChI=1S/C13H15NO5/c1-19-10-5-2-9(3-6-10)4-7-12(16)14-11(8-15)13(17)18/h2-7,11,15H,8H2,1H3,(H,14,16)(H,17,18)/t11-/m0/s1. The number of amides is 1. The molecule has 1 aromatic carbocycles. The topological polar surface area (TPSA) is 95.9 Å². The van der Waals surface area contributed by atoms with Crippen LogP contribution in [0.1, 0.15) is 5.56 Å². The minimum absolute atomic E-state index is 0.586. The molecule has 1 aromatic rings. The molecule has 0 bridgehead atoms. The molecule has 6 nitrogen and oxygen atoms in total. The van der Waals surface area contributed by atoms with Crippen LogP contribution >= 0.6 is 0 Å². The first-order chi connectivity index (χ1) is 9.06. The number of carbonyl (C=O) groups is 2. The van der Waals surface area contributed by atoms with E-state index in [-0.39, 0.29) is 0 Å². The van der Waals surface area contributed by atoms with Crippen LogP contribution in [0, 0.1) is 0 Å². The van der Waals surface area contributed by atoms with Crippen LogP contribution in [-0.4, -0.2) is 41.8 Å². The lowest BCUT2D eigenvalue weighted by Gasteiger charge is -2.09. The summed E-state index contributed by atoms with van der Waals surface area (Å²) in [5.74, 6) is -1.17. The van der Waals surface area contributed by atoms with Crippen molar-refractivity contribution in [2.24, 2.45) is 0 Å². The first kappa shape index (κ1) is 14.7. The van der Waals surface area contributed by atoms with E-state index in [4.69, 9.17) is 14.9 Å². The third-order valence-electron chi connectivity index (χ3n) is 2.34. The average molecular weight is 265 g/mol. The maximum atomic E-state index is 11.4. The van der Waals surface area contributed by atoms with Crippen LogP contribution in [0.2, 0.25) is 0 Å². The second kappa shape index (κ2) is 7.17. The summed E-state index contributed by atoms with van der Waals surface area (Å²) in [6.07, 6.45) is 2.73. The third kappa shape index (κ3) is 4.81. The van der Waals surface area contributed by atoms with Gasteiger partial charge >= 0.3 is 5.97 Å². The van der Waals surface area contributed by atoms with E-state index < -0.39 is 24.5 Å². The van der Waals surface area contributed by atoms with Crippen LogP contribution in [0.5, 0.6) is 5.75 Å². The van der Waals surface area contributed by atoms with Crippen molar-refractivity contribution in [3.63, 3.8) is 0 Å². The Morgan fingerprint density at radius 1 is 1.37 bits per heavy atom. The summed E-state index contributed by atoms with van der Waals surface area (Å²) >= 11 is 0. The van der Waals surface area contributed by atoms with E-state index >= 15 is 0 Å². The van der Waals surface area contributed by atoms with Gasteiger partial charge < -0.3 is 20.3 Å². The molecule has 0 aliphatic heterocycles. The molecular weight excluding hydrogens is 250 g/mol. The van der Waals surface area contributed by atoms with E-state index in [0.717, 1.165) is 5.56 Å². The number of hydrogen-bond donors (Lipinski definition) is 3. The van der Waals surface area contributed by atoms with E-state index in [0.29, 0.717) is 5.75 Å². The van der Waals surface area contributed by atoms with Crippen molar-refractivity contribution >= 4 is 18.0 Å². The summed E-state index contributed by atoms with van der Waals surface area (Å²) in [5, 5.41) is 19.6. The smallest absolute Gasteiger partial charge is 0.328 e. The molecule has 19 heavy (non-hydrogen) atoms. The first-order valence-electron chi connectivity index (χ1n) is 5.53. The molecule has 1 rings (SSSR count). The van der Waals surface area contributed by atoms with E-state index in [1.165, 1.54) is 12.2 Å². The second-order valence-electron chi connectivity index (χ2n) is 3.69. The van der Waals surface area contributed by atoms with Gasteiger partial charge in [0.2, 0.25) is 5.91 Å². The highest BCUT2D eigenvalue weighted by molar-refractivity contribution is 5.94. The lowest BCUT2D eigenvalue weighted by atomic mass is 10.2. The van der Waals surface area contributed by atoms with Crippen molar-refractivity contribution in [1.82, 2.24) is 5.32 Å². The summed E-state index contributed by atoms with van der Waals surface area (Å²) in [7, 11) is 1.55. The zero-order chi connectivity index (χ0) is 14.3. The molecular formula is C13H15NO5. The van der Waals surface area contributed by atoms with Gasteiger partial charge in [0.1, 0.15) is 5.75 Å². The summed E-state index contributed by atoms with van der Waals surface area (Å²) in [6.45, 7) is -0.655. The maximum Gasteiger partial charge on any atom is 0.328 e. The number of carboxylic acid groups (broad SMARTS) is 1. The molecule has 1 atom stereocenters. The predicted molar refractivity (Wildman–Crippen MR) is 68.7 cm³/mol. The Morgan fingerprint density at radius 2 is 2.00 bits per heavy atom. The minimum Gasteiger partial charge on any atom is -0.497 e. The normalized spacial score (nSPS) is 12.1. The van der Waals surface area contributed by atoms with E-state index in [2.05, 4.69) is 5.32 Å². The van der Waals surface area contributed by atoms with Gasteiger partial charge in [-0.2, -0.15) is 0 Å². The first-order valence-corrected chi connectivity index (χ1v) is 5.53. The van der Waals surface area contributed by atoms with E-state index in [9.17, 15) is 9.59 Å². The number of benzene rings is 1. The van der Waals surface area contributed by atoms with Crippen LogP contribution in [0.25, 0.3) is 6.08 Å². The van der Waals surface area contributed by atoms with E-state index in [1.54, 1.807) is 31.4 Å². The number of methoxy groups -OCH3 is 1. The fraction of sp³-hybridized carbons (Fsp3) is 0.231. The van der Waals surface area contributed by atoms with Gasteiger partial charge in [0.15, 0.2) is 6.04 Å². The van der Waals surface area contributed by atoms with E-state index in [1.807, 2.05) is 0 Å². The summed E-state index contributed by atoms with van der Waals surface area (Å²) in [6, 6.07) is 5.69. The third-order valence-corrected chi connectivity index (χ3v) is 2.34. The quantitative estimate of drug-likeness (QED) is 0.642. The molecule has 0 saturated heterocycles. The van der Waals surface area contributed by atoms with Crippen molar-refractivity contribution in [3.8, 4) is 5.75 Å². The van der Waals surface area contributed by atoms with Crippen molar-refractivity contribution in [2.45, 2.75) is 6.04 Å². The number of carbonyl (C=O) groups excluding carboxylic acids is 1. The van der Waals surface area contributed by atoms with Crippen molar-refractivity contribution in [1.29, 1.82) is 0 Å². The highest BCUT2D eigenvalue weighted by atomic mass is 16.5. The SMILES string of the molecule is COc1ccc(C=CC(=O)N[C@@H](CO)C(=O)O)cc1. The highest BCUT2D eigenvalue weighted by Gasteiger charge is 2.16. The number of rotatable bonds is 6. The molecule has 1 amide bonds. The fourth-order valence-corrected chi connectivity index (χ4v) is 1.29. The van der Waals surface area contributed by atoms with Crippen LogP contribution in [0.4, 0.5) is 0 Å². The van der Waals surface area contributed by atoms with Gasteiger partial charge in [-0.3, -0.25) is 4.79 Å². The lowest BCUT2D eigenvalue weighted by molar-refractivity contribution is -0.142. The Kier molecular flexibility index (Phi) is 5.56. The second-order valence-corrected chi connectivity index (χ2v) is 3.69. The summed E-state index contributed by atoms with van der Waals surface area (Å²) < 4.78 is 4.99. The van der Waals surface area contributed by atoms with Gasteiger partial charge in [0, 0.05) is 6.08 Å². The Balaban J connectivity index is 2.59. The maximum absolute atomic E-state index is 11.4. The van der Waals surface area contributed by atoms with Crippen molar-refractivity contribution < 1.29 is 24.5 Å². The summed E-state index contributed by atoms with van der Waals surface area (Å²) in [4.78, 5) is 22.0. The number of aliphatic hydroxyl groups is 1. The Morgan fingerprint density at radius 3 is 2.47 bits per heavy atom. The lowest BCUT2D eigenvalue weighted by Crippen LogP contribution is -2.42. The van der Waals surface area contributed by atoms with Gasteiger partial charge in [0.25, 0.3) is 0 Å². The highest BCUT2D eigenvalue weighted by Crippen LogP contribution is 2.12. The van der Waals surface area contributed by atoms with Gasteiger partial charge in [-0.15, -0.1) is 0 Å². The number of nitrogens with one attached hydrogen (secondary N) is 1. The van der Waals surface area contributed by atoms with Crippen LogP contribution in [0.15, 0.2) is 30.3 Å². The van der Waals surface area contributed by atoms with Crippen molar-refractivity contribution in [3.05, 3.63) is 35.9 Å². The van der Waals surface area contributed by atoms with Crippen LogP contribution < -0.4 is 10.1 Å². The molecule has 0 aromatic heterocycles. The largest absolute Gasteiger partial charge is 0.497 e. The average Bonchev–Trinajstić information content (AvgIpc) is 2.42. The zero-order valence-electron chi connectivity index (χ0n) is 10.4. The molecule has 0 unspecified atom stereocenters. The molecule has 0 saturated carbocycles. The molecule has 0 fully saturated rings. The van der Waals surface area contributed by atoms with Gasteiger partial charge in [-0.05, 0) is 23.8 Å². The molecule has 0 aliphatic rings. The number of aliphatic hydroxyl groups excluding tert-OH is 1. The monoisotopic (exact) mass is 265 g/mol. The number of carboxylic acids is 1. The predicted octanol–water partition coefficient (Wildman–Crippen LogP) is 0.270. The molecule has 0 radical (unpaired) electrons. The number of aliphatic carboxylic acids is 1. The Hall–Kier alpha value is -2.34. The minimum atomic E-state index is -1.30.